The fourth-order valence-corrected chi connectivity index (χ4v) is 3.62. The van der Waals surface area contributed by atoms with E-state index in [1.54, 1.807) is 49.6 Å². The minimum absolute atomic E-state index is 0.0660. The predicted molar refractivity (Wildman–Crippen MR) is 136 cm³/mol. The Morgan fingerprint density at radius 3 is 2.47 bits per heavy atom. The lowest BCUT2D eigenvalue weighted by Gasteiger charge is -2.15. The summed E-state index contributed by atoms with van der Waals surface area (Å²) in [6.45, 7) is 2.53. The Morgan fingerprint density at radius 2 is 1.82 bits per heavy atom. The van der Waals surface area contributed by atoms with Crippen LogP contribution in [0.25, 0.3) is 6.08 Å². The lowest BCUT2D eigenvalue weighted by atomic mass is 10.1. The maximum atomic E-state index is 12.7. The van der Waals surface area contributed by atoms with Crippen molar-refractivity contribution >= 4 is 45.2 Å². The predicted octanol–water partition coefficient (Wildman–Crippen LogP) is 6.63. The van der Waals surface area contributed by atoms with Crippen LogP contribution >= 0.6 is 27.5 Å². The first-order valence-corrected chi connectivity index (χ1v) is 11.5. The zero-order valence-corrected chi connectivity index (χ0v) is 20.9. The molecule has 174 valence electrons. The van der Waals surface area contributed by atoms with Crippen LogP contribution in [-0.4, -0.2) is 19.6 Å². The number of benzene rings is 3. The molecule has 0 aromatic heterocycles. The summed E-state index contributed by atoms with van der Waals surface area (Å²) in [6, 6.07) is 19.7. The summed E-state index contributed by atoms with van der Waals surface area (Å²) in [4.78, 5) is 12.7. The lowest BCUT2D eigenvalue weighted by molar-refractivity contribution is -0.112. The van der Waals surface area contributed by atoms with Crippen LogP contribution < -0.4 is 19.5 Å². The highest BCUT2D eigenvalue weighted by Crippen LogP contribution is 2.36. The van der Waals surface area contributed by atoms with E-state index in [0.29, 0.717) is 44.6 Å². The summed E-state index contributed by atoms with van der Waals surface area (Å²) in [5.74, 6) is 1.12. The smallest absolute Gasteiger partial charge is 0.266 e. The first-order valence-electron chi connectivity index (χ1n) is 10.3. The summed E-state index contributed by atoms with van der Waals surface area (Å²) in [5, 5.41) is 12.9. The van der Waals surface area contributed by atoms with Crippen LogP contribution in [0.2, 0.25) is 5.02 Å². The van der Waals surface area contributed by atoms with Crippen LogP contribution in [0, 0.1) is 11.3 Å². The van der Waals surface area contributed by atoms with Gasteiger partial charge in [-0.05, 0) is 61.0 Å². The van der Waals surface area contributed by atoms with E-state index in [9.17, 15) is 10.1 Å². The molecule has 3 rings (SSSR count). The van der Waals surface area contributed by atoms with E-state index in [0.717, 1.165) is 5.56 Å². The Bertz CT molecular complexity index is 1240. The second-order valence-corrected chi connectivity index (χ2v) is 8.25. The number of methoxy groups -OCH3 is 1. The van der Waals surface area contributed by atoms with E-state index in [1.165, 1.54) is 6.08 Å². The van der Waals surface area contributed by atoms with Crippen molar-refractivity contribution in [1.82, 2.24) is 0 Å². The van der Waals surface area contributed by atoms with Gasteiger partial charge in [0.05, 0.1) is 13.7 Å². The lowest BCUT2D eigenvalue weighted by Crippen LogP contribution is -2.13. The van der Waals surface area contributed by atoms with Gasteiger partial charge in [0.15, 0.2) is 11.5 Å². The molecule has 0 aliphatic rings. The van der Waals surface area contributed by atoms with E-state index in [4.69, 9.17) is 25.8 Å². The van der Waals surface area contributed by atoms with E-state index >= 15 is 0 Å². The number of nitrogens with zero attached hydrogens (tertiary/aromatic N) is 1. The Morgan fingerprint density at radius 1 is 1.12 bits per heavy atom. The summed E-state index contributed by atoms with van der Waals surface area (Å²) in [5.41, 5.74) is 1.91. The number of ether oxygens (including phenoxy) is 3. The molecule has 0 fully saturated rings. The Balaban J connectivity index is 1.83. The first kappa shape index (κ1) is 25.2. The number of nitrogens with one attached hydrogen (secondary N) is 1. The Kier molecular flexibility index (Phi) is 8.97. The molecule has 0 aliphatic carbocycles. The minimum Gasteiger partial charge on any atom is -0.497 e. The van der Waals surface area contributed by atoms with Gasteiger partial charge in [-0.15, -0.1) is 0 Å². The van der Waals surface area contributed by atoms with Crippen LogP contribution in [0.5, 0.6) is 17.2 Å². The number of nitriles is 1. The van der Waals surface area contributed by atoms with E-state index in [2.05, 4.69) is 21.2 Å². The molecule has 8 heteroatoms. The number of hydrogen-bond donors (Lipinski definition) is 1. The normalized spacial score (nSPS) is 10.9. The molecule has 0 radical (unpaired) electrons. The van der Waals surface area contributed by atoms with Gasteiger partial charge in [0.1, 0.15) is 24.0 Å². The molecule has 3 aromatic carbocycles. The highest BCUT2D eigenvalue weighted by atomic mass is 79.9. The van der Waals surface area contributed by atoms with Gasteiger partial charge in [-0.3, -0.25) is 4.79 Å². The first-order chi connectivity index (χ1) is 16.4. The summed E-state index contributed by atoms with van der Waals surface area (Å²) in [6.07, 6.45) is 1.49. The van der Waals surface area contributed by atoms with Crippen molar-refractivity contribution in [3.63, 3.8) is 0 Å². The number of rotatable bonds is 9. The average Bonchev–Trinajstić information content (AvgIpc) is 2.84. The minimum atomic E-state index is -0.531. The van der Waals surface area contributed by atoms with Gasteiger partial charge in [-0.25, -0.2) is 0 Å². The van der Waals surface area contributed by atoms with Crippen LogP contribution in [-0.2, 0) is 11.4 Å². The van der Waals surface area contributed by atoms with Crippen molar-refractivity contribution in [2.75, 3.05) is 19.0 Å². The number of amides is 1. The molecule has 1 amide bonds. The van der Waals surface area contributed by atoms with Gasteiger partial charge >= 0.3 is 0 Å². The fraction of sp³-hybridized carbons (Fsp3) is 0.154. The molecule has 0 aliphatic heterocycles. The van der Waals surface area contributed by atoms with Gasteiger partial charge in [-0.1, -0.05) is 45.7 Å². The second-order valence-electron chi connectivity index (χ2n) is 6.99. The van der Waals surface area contributed by atoms with Crippen molar-refractivity contribution in [2.24, 2.45) is 0 Å². The maximum Gasteiger partial charge on any atom is 0.266 e. The summed E-state index contributed by atoms with van der Waals surface area (Å²) < 4.78 is 17.4. The van der Waals surface area contributed by atoms with Gasteiger partial charge in [0, 0.05) is 20.7 Å². The number of hydrogen-bond acceptors (Lipinski definition) is 5. The van der Waals surface area contributed by atoms with Crippen LogP contribution in [0.15, 0.2) is 70.7 Å². The largest absolute Gasteiger partial charge is 0.497 e. The van der Waals surface area contributed by atoms with Crippen LogP contribution in [0.4, 0.5) is 5.69 Å². The van der Waals surface area contributed by atoms with E-state index in [1.807, 2.05) is 31.2 Å². The molecule has 0 bridgehead atoms. The highest BCUT2D eigenvalue weighted by molar-refractivity contribution is 9.10. The maximum absolute atomic E-state index is 12.7. The standard InChI is InChI=1S/C26H22BrClN2O4/c1-3-33-24-13-18(22(27)14-25(24)34-16-17-6-4-5-7-23(17)28)12-19(15-29)26(31)30-20-8-10-21(32-2)11-9-20/h4-14H,3,16H2,1-2H3,(H,30,31)/b19-12+. The molecule has 0 atom stereocenters. The summed E-state index contributed by atoms with van der Waals surface area (Å²) >= 11 is 9.72. The van der Waals surface area contributed by atoms with Crippen LogP contribution in [0.3, 0.4) is 0 Å². The topological polar surface area (TPSA) is 80.6 Å². The number of carbonyl (C=O) groups is 1. The number of anilines is 1. The zero-order valence-electron chi connectivity index (χ0n) is 18.6. The highest BCUT2D eigenvalue weighted by Gasteiger charge is 2.15. The molecule has 0 saturated heterocycles. The molecule has 0 unspecified atom stereocenters. The second kappa shape index (κ2) is 12.1. The molecule has 6 nitrogen and oxygen atoms in total. The third-order valence-electron chi connectivity index (χ3n) is 4.72. The molecule has 0 spiro atoms. The number of halogens is 2. The monoisotopic (exact) mass is 540 g/mol. The molecule has 3 aromatic rings. The third kappa shape index (κ3) is 6.53. The van der Waals surface area contributed by atoms with Gasteiger partial charge in [0.2, 0.25) is 0 Å². The Hall–Kier alpha value is -3.47. The van der Waals surface area contributed by atoms with Crippen molar-refractivity contribution in [3.05, 3.63) is 86.9 Å². The summed E-state index contributed by atoms with van der Waals surface area (Å²) in [7, 11) is 1.56. The Labute approximate surface area is 211 Å². The SMILES string of the molecule is CCOc1cc(/C=C(\C#N)C(=O)Nc2ccc(OC)cc2)c(Br)cc1OCc1ccccc1Cl. The quantitative estimate of drug-likeness (QED) is 0.243. The molecular weight excluding hydrogens is 520 g/mol. The average molecular weight is 542 g/mol. The van der Waals surface area contributed by atoms with Crippen molar-refractivity contribution < 1.29 is 19.0 Å². The van der Waals surface area contributed by atoms with Gasteiger partial charge < -0.3 is 19.5 Å². The van der Waals surface area contributed by atoms with Crippen LogP contribution in [0.1, 0.15) is 18.1 Å². The van der Waals surface area contributed by atoms with E-state index in [-0.39, 0.29) is 12.2 Å². The van der Waals surface area contributed by atoms with Gasteiger partial charge in [0.25, 0.3) is 5.91 Å². The van der Waals surface area contributed by atoms with Crippen molar-refractivity contribution in [3.8, 4) is 23.3 Å². The van der Waals surface area contributed by atoms with Crippen molar-refractivity contribution in [1.29, 1.82) is 5.26 Å². The number of carbonyl (C=O) groups excluding carboxylic acids is 1. The molecule has 0 saturated carbocycles. The zero-order chi connectivity index (χ0) is 24.5. The van der Waals surface area contributed by atoms with E-state index < -0.39 is 5.91 Å². The third-order valence-corrected chi connectivity index (χ3v) is 5.77. The van der Waals surface area contributed by atoms with Crippen molar-refractivity contribution in [2.45, 2.75) is 13.5 Å². The fourth-order valence-electron chi connectivity index (χ4n) is 2.99. The molecule has 1 N–H and O–H groups in total. The molecule has 34 heavy (non-hydrogen) atoms. The molecule has 0 heterocycles. The molecular formula is C26H22BrClN2O4. The van der Waals surface area contributed by atoms with Gasteiger partial charge in [-0.2, -0.15) is 5.26 Å².